The molecule has 0 aliphatic carbocycles. The van der Waals surface area contributed by atoms with Gasteiger partial charge in [-0.3, -0.25) is 9.59 Å². The summed E-state index contributed by atoms with van der Waals surface area (Å²) in [5.74, 6) is 1.32. The topological polar surface area (TPSA) is 78.9 Å². The zero-order valence-electron chi connectivity index (χ0n) is 21.2. The third-order valence-electron chi connectivity index (χ3n) is 6.40. The molecule has 1 aliphatic rings. The Kier molecular flexibility index (Phi) is 8.15. The van der Waals surface area contributed by atoms with Gasteiger partial charge in [-0.05, 0) is 49.7 Å². The Morgan fingerprint density at radius 1 is 0.917 bits per heavy atom. The minimum absolute atomic E-state index is 0.0363. The number of ether oxygens (including phenoxy) is 1. The van der Waals surface area contributed by atoms with E-state index in [9.17, 15) is 9.59 Å². The highest BCUT2D eigenvalue weighted by Gasteiger charge is 2.25. The molecule has 1 aromatic heterocycles. The molecule has 8 nitrogen and oxygen atoms in total. The number of piperazine rings is 1. The van der Waals surface area contributed by atoms with Crippen molar-refractivity contribution < 1.29 is 14.3 Å². The van der Waals surface area contributed by atoms with Gasteiger partial charge in [-0.1, -0.05) is 36.8 Å². The molecule has 0 spiro atoms. The van der Waals surface area contributed by atoms with E-state index in [1.807, 2.05) is 36.1 Å². The van der Waals surface area contributed by atoms with Gasteiger partial charge in [0.05, 0.1) is 12.8 Å². The van der Waals surface area contributed by atoms with Gasteiger partial charge in [0.2, 0.25) is 5.91 Å². The summed E-state index contributed by atoms with van der Waals surface area (Å²) >= 11 is 0. The van der Waals surface area contributed by atoms with Crippen LogP contribution in [0.25, 0.3) is 11.3 Å². The maximum absolute atomic E-state index is 13.1. The number of anilines is 1. The molecule has 188 valence electrons. The lowest BCUT2D eigenvalue weighted by molar-refractivity contribution is -0.132. The predicted octanol–water partition coefficient (Wildman–Crippen LogP) is 3.66. The Labute approximate surface area is 212 Å². The molecule has 8 heteroatoms. The van der Waals surface area contributed by atoms with Crippen LogP contribution in [0.15, 0.2) is 60.7 Å². The second kappa shape index (κ2) is 11.7. The van der Waals surface area contributed by atoms with Crippen LogP contribution in [-0.4, -0.2) is 78.2 Å². The minimum Gasteiger partial charge on any atom is -0.497 e. The molecule has 0 bridgehead atoms. The lowest BCUT2D eigenvalue weighted by Gasteiger charge is -2.36. The molecule has 1 saturated heterocycles. The monoisotopic (exact) mass is 487 g/mol. The van der Waals surface area contributed by atoms with Crippen molar-refractivity contribution in [3.63, 3.8) is 0 Å². The highest BCUT2D eigenvalue weighted by molar-refractivity contribution is 5.96. The molecule has 0 radical (unpaired) electrons. The molecule has 4 rings (SSSR count). The first-order chi connectivity index (χ1) is 17.5. The number of benzene rings is 2. The van der Waals surface area contributed by atoms with Crippen LogP contribution in [0.4, 0.5) is 5.82 Å². The quantitative estimate of drug-likeness (QED) is 0.483. The van der Waals surface area contributed by atoms with E-state index in [2.05, 4.69) is 34.2 Å². The number of aryl methyl sites for hydroxylation is 1. The zero-order valence-corrected chi connectivity index (χ0v) is 21.2. The standard InChI is InChI=1S/C28H33N5O3/c1-4-15-33(28(35)23-9-11-24(36-3)12-10-23)20-27(34)32-18-16-31(17-19-32)26-14-13-25(29-30-26)22-7-5-21(2)6-8-22/h5-14H,4,15-20H2,1-3H3. The van der Waals surface area contributed by atoms with E-state index in [1.54, 1.807) is 36.3 Å². The number of rotatable bonds is 8. The van der Waals surface area contributed by atoms with Gasteiger partial charge in [0.25, 0.3) is 5.91 Å². The van der Waals surface area contributed by atoms with Crippen LogP contribution in [0.1, 0.15) is 29.3 Å². The van der Waals surface area contributed by atoms with Crippen LogP contribution < -0.4 is 9.64 Å². The Hall–Kier alpha value is -3.94. The molecule has 2 aromatic carbocycles. The molecule has 0 atom stereocenters. The van der Waals surface area contributed by atoms with E-state index >= 15 is 0 Å². The van der Waals surface area contributed by atoms with Crippen molar-refractivity contribution in [1.29, 1.82) is 0 Å². The van der Waals surface area contributed by atoms with Gasteiger partial charge >= 0.3 is 0 Å². The van der Waals surface area contributed by atoms with Crippen molar-refractivity contribution in [2.24, 2.45) is 0 Å². The summed E-state index contributed by atoms with van der Waals surface area (Å²) in [5, 5.41) is 8.83. The van der Waals surface area contributed by atoms with Crippen LogP contribution in [0, 0.1) is 6.92 Å². The Morgan fingerprint density at radius 3 is 2.19 bits per heavy atom. The van der Waals surface area contributed by atoms with Crippen molar-refractivity contribution in [3.05, 3.63) is 71.8 Å². The fourth-order valence-electron chi connectivity index (χ4n) is 4.26. The largest absolute Gasteiger partial charge is 0.497 e. The fourth-order valence-corrected chi connectivity index (χ4v) is 4.26. The maximum Gasteiger partial charge on any atom is 0.254 e. The average Bonchev–Trinajstić information content (AvgIpc) is 2.93. The second-order valence-electron chi connectivity index (χ2n) is 8.97. The van der Waals surface area contributed by atoms with Crippen molar-refractivity contribution in [2.45, 2.75) is 20.3 Å². The van der Waals surface area contributed by atoms with Crippen molar-refractivity contribution in [2.75, 3.05) is 51.3 Å². The summed E-state index contributed by atoms with van der Waals surface area (Å²) in [5.41, 5.74) is 3.63. The summed E-state index contributed by atoms with van der Waals surface area (Å²) in [6.07, 6.45) is 0.778. The normalized spacial score (nSPS) is 13.4. The van der Waals surface area contributed by atoms with E-state index in [1.165, 1.54) is 5.56 Å². The molecule has 36 heavy (non-hydrogen) atoms. The summed E-state index contributed by atoms with van der Waals surface area (Å²) in [6.45, 7) is 7.16. The summed E-state index contributed by atoms with van der Waals surface area (Å²) in [4.78, 5) is 31.7. The molecule has 2 amide bonds. The second-order valence-corrected chi connectivity index (χ2v) is 8.97. The van der Waals surface area contributed by atoms with Crippen molar-refractivity contribution in [1.82, 2.24) is 20.0 Å². The van der Waals surface area contributed by atoms with E-state index < -0.39 is 0 Å². The highest BCUT2D eigenvalue weighted by atomic mass is 16.5. The number of hydrogen-bond acceptors (Lipinski definition) is 6. The lowest BCUT2D eigenvalue weighted by Crippen LogP contribution is -2.52. The molecular weight excluding hydrogens is 454 g/mol. The highest BCUT2D eigenvalue weighted by Crippen LogP contribution is 2.20. The minimum atomic E-state index is -0.143. The number of amides is 2. The van der Waals surface area contributed by atoms with Crippen LogP contribution in [0.2, 0.25) is 0 Å². The first-order valence-electron chi connectivity index (χ1n) is 12.4. The van der Waals surface area contributed by atoms with Gasteiger partial charge in [0.15, 0.2) is 5.82 Å². The van der Waals surface area contributed by atoms with Gasteiger partial charge in [-0.15, -0.1) is 10.2 Å². The molecule has 0 N–H and O–H groups in total. The predicted molar refractivity (Wildman–Crippen MR) is 140 cm³/mol. The lowest BCUT2D eigenvalue weighted by atomic mass is 10.1. The van der Waals surface area contributed by atoms with Gasteiger partial charge in [-0.25, -0.2) is 0 Å². The Balaban J connectivity index is 1.33. The van der Waals surface area contributed by atoms with Crippen LogP contribution >= 0.6 is 0 Å². The number of aromatic nitrogens is 2. The van der Waals surface area contributed by atoms with Gasteiger partial charge in [0, 0.05) is 43.9 Å². The van der Waals surface area contributed by atoms with Gasteiger partial charge in [0.1, 0.15) is 12.3 Å². The smallest absolute Gasteiger partial charge is 0.254 e. The number of hydrogen-bond donors (Lipinski definition) is 0. The van der Waals surface area contributed by atoms with Crippen molar-refractivity contribution >= 4 is 17.6 Å². The third kappa shape index (κ3) is 6.00. The van der Waals surface area contributed by atoms with E-state index in [-0.39, 0.29) is 18.4 Å². The van der Waals surface area contributed by atoms with Crippen molar-refractivity contribution in [3.8, 4) is 17.0 Å². The third-order valence-corrected chi connectivity index (χ3v) is 6.40. The number of nitrogens with zero attached hydrogens (tertiary/aromatic N) is 5. The molecule has 1 aliphatic heterocycles. The molecule has 0 saturated carbocycles. The Bertz CT molecular complexity index is 1160. The molecule has 0 unspecified atom stereocenters. The van der Waals surface area contributed by atoms with E-state index in [0.717, 1.165) is 23.5 Å². The first kappa shape index (κ1) is 25.2. The molecule has 3 aromatic rings. The molecular formula is C28H33N5O3. The number of methoxy groups -OCH3 is 1. The van der Waals surface area contributed by atoms with Gasteiger partial charge < -0.3 is 19.4 Å². The Morgan fingerprint density at radius 2 is 1.61 bits per heavy atom. The molecule has 2 heterocycles. The van der Waals surface area contributed by atoms with E-state index in [0.29, 0.717) is 44.0 Å². The van der Waals surface area contributed by atoms with E-state index in [4.69, 9.17) is 4.74 Å². The molecule has 1 fully saturated rings. The maximum atomic E-state index is 13.1. The number of carbonyl (C=O) groups excluding carboxylic acids is 2. The number of carbonyl (C=O) groups is 2. The summed E-state index contributed by atoms with van der Waals surface area (Å²) in [6, 6.07) is 19.2. The van der Waals surface area contributed by atoms with Crippen LogP contribution in [-0.2, 0) is 4.79 Å². The van der Waals surface area contributed by atoms with Crippen LogP contribution in [0.3, 0.4) is 0 Å². The summed E-state index contributed by atoms with van der Waals surface area (Å²) < 4.78 is 5.17. The first-order valence-corrected chi connectivity index (χ1v) is 12.4. The fraction of sp³-hybridized carbons (Fsp3) is 0.357. The summed E-state index contributed by atoms with van der Waals surface area (Å²) in [7, 11) is 1.59. The zero-order chi connectivity index (χ0) is 25.5. The van der Waals surface area contributed by atoms with Crippen LogP contribution in [0.5, 0.6) is 5.75 Å². The average molecular weight is 488 g/mol. The SMILES string of the molecule is CCCN(CC(=O)N1CCN(c2ccc(-c3ccc(C)cc3)nn2)CC1)C(=O)c1ccc(OC)cc1. The van der Waals surface area contributed by atoms with Gasteiger partial charge in [-0.2, -0.15) is 0 Å².